The summed E-state index contributed by atoms with van der Waals surface area (Å²) in [5.74, 6) is -0.346. The number of benzene rings is 1. The molecule has 118 valence electrons. The van der Waals surface area contributed by atoms with Crippen LogP contribution in [0.5, 0.6) is 0 Å². The van der Waals surface area contributed by atoms with E-state index < -0.39 is 0 Å². The molecule has 0 spiro atoms. The van der Waals surface area contributed by atoms with Crippen molar-refractivity contribution in [2.24, 2.45) is 0 Å². The Morgan fingerprint density at radius 2 is 2.14 bits per heavy atom. The van der Waals surface area contributed by atoms with Crippen molar-refractivity contribution in [3.63, 3.8) is 0 Å². The zero-order valence-electron chi connectivity index (χ0n) is 12.8. The predicted molar refractivity (Wildman–Crippen MR) is 81.2 cm³/mol. The van der Waals surface area contributed by atoms with E-state index in [-0.39, 0.29) is 17.8 Å². The van der Waals surface area contributed by atoms with Gasteiger partial charge in [0.1, 0.15) is 5.82 Å². The molecule has 0 aliphatic heterocycles. The summed E-state index contributed by atoms with van der Waals surface area (Å²) >= 11 is 0. The second-order valence-electron chi connectivity index (χ2n) is 4.93. The molecule has 0 aliphatic rings. The van der Waals surface area contributed by atoms with Gasteiger partial charge in [0.15, 0.2) is 0 Å². The molecule has 2 rings (SSSR count). The topological polar surface area (TPSA) is 56.1 Å². The summed E-state index contributed by atoms with van der Waals surface area (Å²) in [6.45, 7) is 4.81. The largest absolute Gasteiger partial charge is 0.381 e. The monoisotopic (exact) mass is 305 g/mol. The number of nitrogens with one attached hydrogen (secondary N) is 1. The van der Waals surface area contributed by atoms with E-state index >= 15 is 0 Å². The molecule has 1 aromatic heterocycles. The Kier molecular flexibility index (Phi) is 5.66. The van der Waals surface area contributed by atoms with Crippen LogP contribution < -0.4 is 5.32 Å². The molecule has 0 aliphatic carbocycles. The first-order valence-corrected chi connectivity index (χ1v) is 7.27. The highest BCUT2D eigenvalue weighted by Crippen LogP contribution is 2.15. The van der Waals surface area contributed by atoms with Crippen molar-refractivity contribution in [1.82, 2.24) is 15.1 Å². The van der Waals surface area contributed by atoms with Gasteiger partial charge in [-0.05, 0) is 38.1 Å². The lowest BCUT2D eigenvalue weighted by molar-refractivity contribution is -0.122. The number of hydrogen-bond donors (Lipinski definition) is 1. The lowest BCUT2D eigenvalue weighted by Crippen LogP contribution is -2.27. The van der Waals surface area contributed by atoms with Crippen LogP contribution in [0.2, 0.25) is 0 Å². The van der Waals surface area contributed by atoms with Gasteiger partial charge in [0.05, 0.1) is 24.5 Å². The number of halogens is 1. The maximum atomic E-state index is 12.9. The van der Waals surface area contributed by atoms with Gasteiger partial charge in [0.25, 0.3) is 0 Å². The second-order valence-corrected chi connectivity index (χ2v) is 4.93. The van der Waals surface area contributed by atoms with Gasteiger partial charge in [-0.3, -0.25) is 4.79 Å². The Morgan fingerprint density at radius 3 is 2.82 bits per heavy atom. The van der Waals surface area contributed by atoms with Crippen molar-refractivity contribution in [2.75, 3.05) is 13.2 Å². The highest BCUT2D eigenvalue weighted by atomic mass is 19.1. The van der Waals surface area contributed by atoms with E-state index in [2.05, 4.69) is 10.4 Å². The molecule has 1 atom stereocenters. The van der Waals surface area contributed by atoms with Gasteiger partial charge in [-0.25, -0.2) is 9.07 Å². The highest BCUT2D eigenvalue weighted by molar-refractivity contribution is 5.76. The summed E-state index contributed by atoms with van der Waals surface area (Å²) in [4.78, 5) is 11.8. The number of aromatic nitrogens is 2. The maximum absolute atomic E-state index is 12.9. The van der Waals surface area contributed by atoms with E-state index in [1.54, 1.807) is 23.0 Å². The van der Waals surface area contributed by atoms with Gasteiger partial charge in [-0.2, -0.15) is 5.10 Å². The van der Waals surface area contributed by atoms with Crippen LogP contribution in [0.1, 0.15) is 31.9 Å². The maximum Gasteiger partial charge on any atom is 0.222 e. The molecular formula is C16H20FN3O2. The number of amides is 1. The third-order valence-electron chi connectivity index (χ3n) is 3.25. The molecule has 0 saturated heterocycles. The molecule has 1 unspecified atom stereocenters. The SMILES string of the molecule is CCOCCC(=O)NC(C)c1cnn(-c2ccc(F)cc2)c1. The summed E-state index contributed by atoms with van der Waals surface area (Å²) in [5, 5.41) is 7.13. The normalized spacial score (nSPS) is 12.1. The average Bonchev–Trinajstić information content (AvgIpc) is 2.98. The van der Waals surface area contributed by atoms with Crippen molar-refractivity contribution in [1.29, 1.82) is 0 Å². The fourth-order valence-electron chi connectivity index (χ4n) is 2.00. The smallest absolute Gasteiger partial charge is 0.222 e. The van der Waals surface area contributed by atoms with E-state index in [0.717, 1.165) is 11.3 Å². The van der Waals surface area contributed by atoms with Crippen molar-refractivity contribution in [3.8, 4) is 5.69 Å². The molecule has 1 aromatic carbocycles. The molecule has 5 nitrogen and oxygen atoms in total. The van der Waals surface area contributed by atoms with E-state index in [0.29, 0.717) is 19.6 Å². The summed E-state index contributed by atoms with van der Waals surface area (Å²) < 4.78 is 19.7. The number of rotatable bonds is 7. The van der Waals surface area contributed by atoms with E-state index in [9.17, 15) is 9.18 Å². The van der Waals surface area contributed by atoms with Gasteiger partial charge < -0.3 is 10.1 Å². The Bertz CT molecular complexity index is 610. The lowest BCUT2D eigenvalue weighted by atomic mass is 10.2. The van der Waals surface area contributed by atoms with Gasteiger partial charge in [0.2, 0.25) is 5.91 Å². The molecule has 0 radical (unpaired) electrons. The lowest BCUT2D eigenvalue weighted by Gasteiger charge is -2.12. The summed E-state index contributed by atoms with van der Waals surface area (Å²) in [6.07, 6.45) is 3.85. The Labute approximate surface area is 129 Å². The molecule has 1 heterocycles. The number of ether oxygens (including phenoxy) is 1. The van der Waals surface area contributed by atoms with E-state index in [4.69, 9.17) is 4.74 Å². The van der Waals surface area contributed by atoms with Crippen LogP contribution in [0, 0.1) is 5.82 Å². The highest BCUT2D eigenvalue weighted by Gasteiger charge is 2.12. The number of hydrogen-bond acceptors (Lipinski definition) is 3. The number of carbonyl (C=O) groups is 1. The van der Waals surface area contributed by atoms with Crippen molar-refractivity contribution < 1.29 is 13.9 Å². The first-order valence-electron chi connectivity index (χ1n) is 7.27. The Hall–Kier alpha value is -2.21. The van der Waals surface area contributed by atoms with Gasteiger partial charge in [-0.15, -0.1) is 0 Å². The number of nitrogens with zero attached hydrogens (tertiary/aromatic N) is 2. The Balaban J connectivity index is 1.95. The molecule has 22 heavy (non-hydrogen) atoms. The van der Waals surface area contributed by atoms with Gasteiger partial charge >= 0.3 is 0 Å². The van der Waals surface area contributed by atoms with Crippen molar-refractivity contribution >= 4 is 5.91 Å². The Morgan fingerprint density at radius 1 is 1.41 bits per heavy atom. The van der Waals surface area contributed by atoms with Crippen LogP contribution in [0.25, 0.3) is 5.69 Å². The minimum Gasteiger partial charge on any atom is -0.381 e. The fraction of sp³-hybridized carbons (Fsp3) is 0.375. The minimum atomic E-state index is -0.286. The first kappa shape index (κ1) is 16.2. The summed E-state index contributed by atoms with van der Waals surface area (Å²) in [6, 6.07) is 5.92. The fourth-order valence-corrected chi connectivity index (χ4v) is 2.00. The first-order chi connectivity index (χ1) is 10.6. The van der Waals surface area contributed by atoms with Crippen molar-refractivity contribution in [3.05, 3.63) is 48.0 Å². The third-order valence-corrected chi connectivity index (χ3v) is 3.25. The predicted octanol–water partition coefficient (Wildman–Crippen LogP) is 2.62. The van der Waals surface area contributed by atoms with Crippen LogP contribution in [0.3, 0.4) is 0 Å². The molecule has 0 bridgehead atoms. The van der Waals surface area contributed by atoms with Crippen LogP contribution in [0.4, 0.5) is 4.39 Å². The van der Waals surface area contributed by atoms with Crippen LogP contribution >= 0.6 is 0 Å². The second kappa shape index (κ2) is 7.70. The zero-order valence-corrected chi connectivity index (χ0v) is 12.8. The minimum absolute atomic E-state index is 0.0597. The summed E-state index contributed by atoms with van der Waals surface area (Å²) in [7, 11) is 0. The van der Waals surface area contributed by atoms with Crippen LogP contribution in [-0.2, 0) is 9.53 Å². The molecule has 6 heteroatoms. The summed E-state index contributed by atoms with van der Waals surface area (Å²) in [5.41, 5.74) is 1.65. The quantitative estimate of drug-likeness (QED) is 0.800. The van der Waals surface area contributed by atoms with Gasteiger partial charge in [-0.1, -0.05) is 0 Å². The van der Waals surface area contributed by atoms with Crippen LogP contribution in [0.15, 0.2) is 36.7 Å². The molecule has 0 fully saturated rings. The molecule has 1 amide bonds. The molecule has 0 saturated carbocycles. The standard InChI is InChI=1S/C16H20FN3O2/c1-3-22-9-8-16(21)19-12(2)13-10-18-20(11-13)15-6-4-14(17)5-7-15/h4-7,10-12H,3,8-9H2,1-2H3,(H,19,21). The third kappa shape index (κ3) is 4.39. The zero-order chi connectivity index (χ0) is 15.9. The number of carbonyl (C=O) groups excluding carboxylic acids is 1. The molecule has 1 N–H and O–H groups in total. The van der Waals surface area contributed by atoms with Crippen molar-refractivity contribution in [2.45, 2.75) is 26.3 Å². The van der Waals surface area contributed by atoms with E-state index in [1.807, 2.05) is 20.0 Å². The van der Waals surface area contributed by atoms with Crippen LogP contribution in [-0.4, -0.2) is 28.9 Å². The average molecular weight is 305 g/mol. The molecular weight excluding hydrogens is 285 g/mol. The van der Waals surface area contributed by atoms with E-state index in [1.165, 1.54) is 12.1 Å². The molecule has 2 aromatic rings. The van der Waals surface area contributed by atoms with Gasteiger partial charge in [0, 0.05) is 24.8 Å².